The topological polar surface area (TPSA) is 91.7 Å². The number of rotatable bonds is 2. The van der Waals surface area contributed by atoms with E-state index in [2.05, 4.69) is 0 Å². The molecule has 2 aliphatic rings. The summed E-state index contributed by atoms with van der Waals surface area (Å²) in [7, 11) is 0. The van der Waals surface area contributed by atoms with Gasteiger partial charge in [0.1, 0.15) is 0 Å². The minimum atomic E-state index is -1.22. The number of aromatic carboxylic acids is 1. The van der Waals surface area contributed by atoms with Gasteiger partial charge in [0.15, 0.2) is 5.78 Å². The molecule has 2 aliphatic carbocycles. The highest BCUT2D eigenvalue weighted by molar-refractivity contribution is 6.27. The van der Waals surface area contributed by atoms with Crippen molar-refractivity contribution < 1.29 is 24.6 Å². The molecular formula is C15H8O5. The summed E-state index contributed by atoms with van der Waals surface area (Å²) in [6.07, 6.45) is 3.98. The molecule has 0 unspecified atom stereocenters. The van der Waals surface area contributed by atoms with E-state index >= 15 is 0 Å². The lowest BCUT2D eigenvalue weighted by molar-refractivity contribution is -0.132. The lowest BCUT2D eigenvalue weighted by Gasteiger charge is -2.12. The van der Waals surface area contributed by atoms with Crippen molar-refractivity contribution in [1.29, 1.82) is 0 Å². The van der Waals surface area contributed by atoms with Crippen LogP contribution in [0.25, 0.3) is 11.6 Å². The van der Waals surface area contributed by atoms with Crippen LogP contribution < -0.4 is 0 Å². The number of carbonyl (C=O) groups excluding carboxylic acids is 1. The number of carbonyl (C=O) groups is 3. The van der Waals surface area contributed by atoms with Gasteiger partial charge in [0.25, 0.3) is 0 Å². The lowest BCUT2D eigenvalue weighted by Crippen LogP contribution is -2.11. The van der Waals surface area contributed by atoms with E-state index in [4.69, 9.17) is 5.11 Å². The Bertz CT molecular complexity index is 777. The van der Waals surface area contributed by atoms with Crippen LogP contribution in [0.3, 0.4) is 0 Å². The zero-order valence-corrected chi connectivity index (χ0v) is 10.1. The molecule has 1 aromatic rings. The predicted molar refractivity (Wildman–Crippen MR) is 70.1 cm³/mol. The zero-order chi connectivity index (χ0) is 14.4. The van der Waals surface area contributed by atoms with Gasteiger partial charge < -0.3 is 10.2 Å². The van der Waals surface area contributed by atoms with Crippen LogP contribution in [-0.2, 0) is 9.59 Å². The second-order valence-corrected chi connectivity index (χ2v) is 4.46. The number of hydrogen-bond acceptors (Lipinski definition) is 3. The van der Waals surface area contributed by atoms with Gasteiger partial charge in [0.05, 0.1) is 11.1 Å². The molecule has 98 valence electrons. The third-order valence-corrected chi connectivity index (χ3v) is 3.29. The van der Waals surface area contributed by atoms with Crippen molar-refractivity contribution in [2.24, 2.45) is 0 Å². The Hall–Kier alpha value is -2.95. The van der Waals surface area contributed by atoms with Crippen molar-refractivity contribution in [3.63, 3.8) is 0 Å². The third-order valence-electron chi connectivity index (χ3n) is 3.29. The molecule has 0 aromatic heterocycles. The molecule has 0 spiro atoms. The maximum atomic E-state index is 11.9. The number of hydrogen-bond donors (Lipinski definition) is 2. The highest BCUT2D eigenvalue weighted by atomic mass is 16.4. The number of aliphatic carboxylic acids is 1. The fourth-order valence-electron chi connectivity index (χ4n) is 2.43. The lowest BCUT2D eigenvalue weighted by atomic mass is 9.90. The van der Waals surface area contributed by atoms with E-state index in [1.165, 1.54) is 12.1 Å². The normalized spacial score (nSPS) is 15.8. The van der Waals surface area contributed by atoms with Crippen LogP contribution in [0, 0.1) is 0 Å². The highest BCUT2D eigenvalue weighted by Crippen LogP contribution is 2.41. The summed E-state index contributed by atoms with van der Waals surface area (Å²) >= 11 is 0. The molecule has 3 rings (SSSR count). The van der Waals surface area contributed by atoms with Crippen molar-refractivity contribution in [2.45, 2.75) is 0 Å². The summed E-state index contributed by atoms with van der Waals surface area (Å²) in [6, 6.07) is 4.72. The van der Waals surface area contributed by atoms with E-state index in [1.54, 1.807) is 18.2 Å². The zero-order valence-electron chi connectivity index (χ0n) is 10.1. The van der Waals surface area contributed by atoms with Gasteiger partial charge in [-0.05, 0) is 29.4 Å². The van der Waals surface area contributed by atoms with Gasteiger partial charge in [-0.25, -0.2) is 9.59 Å². The van der Waals surface area contributed by atoms with Crippen molar-refractivity contribution in [2.75, 3.05) is 0 Å². The molecule has 0 atom stereocenters. The molecule has 0 radical (unpaired) electrons. The summed E-state index contributed by atoms with van der Waals surface area (Å²) in [5, 5.41) is 18.2. The first kappa shape index (κ1) is 12.1. The fraction of sp³-hybridized carbons (Fsp3) is 0. The van der Waals surface area contributed by atoms with Gasteiger partial charge in [-0.1, -0.05) is 12.1 Å². The summed E-state index contributed by atoms with van der Waals surface area (Å²) in [5.41, 5.74) is 1.62. The molecule has 1 aromatic carbocycles. The standard InChI is InChI=1S/C15H8O5/c16-12-6-8(14(17)18)5-11-10(12)4-7-2-1-3-9(13(7)11)15(19)20/h1-6H,(H,17,18)(H,19,20). The number of ketones is 1. The van der Waals surface area contributed by atoms with Gasteiger partial charge >= 0.3 is 11.9 Å². The quantitative estimate of drug-likeness (QED) is 0.852. The van der Waals surface area contributed by atoms with Gasteiger partial charge in [0, 0.05) is 17.2 Å². The summed E-state index contributed by atoms with van der Waals surface area (Å²) in [5.74, 6) is -2.75. The van der Waals surface area contributed by atoms with E-state index in [0.717, 1.165) is 6.08 Å². The van der Waals surface area contributed by atoms with Crippen molar-refractivity contribution in [3.8, 4) is 0 Å². The Morgan fingerprint density at radius 3 is 2.30 bits per heavy atom. The van der Waals surface area contributed by atoms with Gasteiger partial charge in [-0.3, -0.25) is 4.79 Å². The largest absolute Gasteiger partial charge is 0.478 e. The van der Waals surface area contributed by atoms with E-state index in [9.17, 15) is 19.5 Å². The smallest absolute Gasteiger partial charge is 0.336 e. The van der Waals surface area contributed by atoms with E-state index in [-0.39, 0.29) is 11.1 Å². The maximum absolute atomic E-state index is 11.9. The monoisotopic (exact) mass is 268 g/mol. The second-order valence-electron chi connectivity index (χ2n) is 4.46. The molecule has 0 amide bonds. The molecule has 0 bridgehead atoms. The van der Waals surface area contributed by atoms with Crippen LogP contribution in [0.1, 0.15) is 21.5 Å². The number of benzene rings is 1. The Morgan fingerprint density at radius 1 is 0.900 bits per heavy atom. The average Bonchev–Trinajstić information content (AvgIpc) is 2.77. The summed E-state index contributed by atoms with van der Waals surface area (Å²) < 4.78 is 0. The number of fused-ring (bicyclic) bond motifs is 3. The maximum Gasteiger partial charge on any atom is 0.336 e. The molecule has 0 heterocycles. The SMILES string of the molecule is O=C(O)C1=CC(=O)C2=Cc3cccc(C(=O)O)c3C2=C1. The number of carboxylic acids is 2. The molecule has 0 saturated heterocycles. The van der Waals surface area contributed by atoms with E-state index in [0.29, 0.717) is 22.3 Å². The first-order chi connectivity index (χ1) is 9.49. The molecule has 0 saturated carbocycles. The van der Waals surface area contributed by atoms with Crippen molar-refractivity contribution in [3.05, 3.63) is 58.2 Å². The fourth-order valence-corrected chi connectivity index (χ4v) is 2.43. The van der Waals surface area contributed by atoms with Crippen LogP contribution in [0.4, 0.5) is 0 Å². The predicted octanol–water partition coefficient (Wildman–Crippen LogP) is 1.76. The molecule has 0 aliphatic heterocycles. The van der Waals surface area contributed by atoms with Crippen molar-refractivity contribution in [1.82, 2.24) is 0 Å². The minimum Gasteiger partial charge on any atom is -0.478 e. The van der Waals surface area contributed by atoms with Crippen LogP contribution in [0.2, 0.25) is 0 Å². The molecule has 5 heteroatoms. The van der Waals surface area contributed by atoms with Crippen LogP contribution in [0.15, 0.2) is 41.5 Å². The summed E-state index contributed by atoms with van der Waals surface area (Å²) in [4.78, 5) is 34.2. The third kappa shape index (κ3) is 1.60. The number of allylic oxidation sites excluding steroid dienone is 3. The molecular weight excluding hydrogens is 260 g/mol. The van der Waals surface area contributed by atoms with Crippen molar-refractivity contribution >= 4 is 29.4 Å². The minimum absolute atomic E-state index is 0.0550. The molecule has 0 fully saturated rings. The first-order valence-electron chi connectivity index (χ1n) is 5.79. The average molecular weight is 268 g/mol. The van der Waals surface area contributed by atoms with Gasteiger partial charge in [0.2, 0.25) is 0 Å². The molecule has 5 nitrogen and oxygen atoms in total. The van der Waals surface area contributed by atoms with Crippen LogP contribution in [0.5, 0.6) is 0 Å². The number of carboxylic acid groups (broad SMARTS) is 2. The Morgan fingerprint density at radius 2 is 1.65 bits per heavy atom. The Balaban J connectivity index is 2.27. The van der Waals surface area contributed by atoms with E-state index < -0.39 is 17.7 Å². The summed E-state index contributed by atoms with van der Waals surface area (Å²) in [6.45, 7) is 0. The highest BCUT2D eigenvalue weighted by Gasteiger charge is 2.31. The molecule has 20 heavy (non-hydrogen) atoms. The van der Waals surface area contributed by atoms with Crippen LogP contribution in [-0.4, -0.2) is 27.9 Å². The van der Waals surface area contributed by atoms with Gasteiger partial charge in [-0.2, -0.15) is 0 Å². The van der Waals surface area contributed by atoms with Crippen LogP contribution >= 0.6 is 0 Å². The second kappa shape index (κ2) is 4.03. The van der Waals surface area contributed by atoms with Gasteiger partial charge in [-0.15, -0.1) is 0 Å². The first-order valence-corrected chi connectivity index (χ1v) is 5.79. The Labute approximate surface area is 113 Å². The molecule has 2 N–H and O–H groups in total. The van der Waals surface area contributed by atoms with E-state index in [1.807, 2.05) is 0 Å². The Kier molecular flexibility index (Phi) is 2.44.